The highest BCUT2D eigenvalue weighted by Gasteiger charge is 2.39. The van der Waals surface area contributed by atoms with Gasteiger partial charge in [-0.1, -0.05) is 6.92 Å². The molecule has 2 aliphatic rings. The van der Waals surface area contributed by atoms with E-state index in [0.29, 0.717) is 12.3 Å². The summed E-state index contributed by atoms with van der Waals surface area (Å²) in [5, 5.41) is 0. The Morgan fingerprint density at radius 2 is 2.17 bits per heavy atom. The van der Waals surface area contributed by atoms with E-state index in [-0.39, 0.29) is 24.2 Å². The number of piperidine rings is 1. The minimum atomic E-state index is 0.0422. The number of hydrogen-bond donors (Lipinski definition) is 0. The third kappa shape index (κ3) is 1.04. The molecule has 2 rings (SSSR count). The van der Waals surface area contributed by atoms with Gasteiger partial charge in [-0.15, -0.1) is 0 Å². The van der Waals surface area contributed by atoms with E-state index in [0.717, 1.165) is 13.0 Å². The highest BCUT2D eigenvalue weighted by Crippen LogP contribution is 2.30. The molecule has 0 aliphatic carbocycles. The summed E-state index contributed by atoms with van der Waals surface area (Å²) in [4.78, 5) is 24.3. The standard InChI is InChI=1S/C9H13NO2/c1-6-2-3-10-8(6)4-7(11)5-9(10)12/h6,8H,2-5H2,1H3. The second-order valence-electron chi connectivity index (χ2n) is 3.84. The van der Waals surface area contributed by atoms with Crippen LogP contribution in [0.25, 0.3) is 0 Å². The van der Waals surface area contributed by atoms with Crippen molar-refractivity contribution in [2.24, 2.45) is 5.92 Å². The smallest absolute Gasteiger partial charge is 0.230 e. The maximum Gasteiger partial charge on any atom is 0.230 e. The van der Waals surface area contributed by atoms with Gasteiger partial charge in [0, 0.05) is 19.0 Å². The van der Waals surface area contributed by atoms with Crippen molar-refractivity contribution in [3.05, 3.63) is 0 Å². The molecule has 66 valence electrons. The summed E-state index contributed by atoms with van der Waals surface area (Å²) in [5.74, 6) is 0.675. The molecule has 0 saturated carbocycles. The van der Waals surface area contributed by atoms with Gasteiger partial charge in [-0.25, -0.2) is 0 Å². The van der Waals surface area contributed by atoms with Crippen LogP contribution in [-0.4, -0.2) is 29.2 Å². The SMILES string of the molecule is CC1CCN2C(=O)CC(=O)CC12. The van der Waals surface area contributed by atoms with Crippen LogP contribution in [0.5, 0.6) is 0 Å². The van der Waals surface area contributed by atoms with Crippen LogP contribution < -0.4 is 0 Å². The number of carbonyl (C=O) groups is 2. The zero-order valence-electron chi connectivity index (χ0n) is 7.25. The van der Waals surface area contributed by atoms with Crippen LogP contribution in [0.3, 0.4) is 0 Å². The summed E-state index contributed by atoms with van der Waals surface area (Å²) in [6, 6.07) is 0.221. The Labute approximate surface area is 71.7 Å². The Hall–Kier alpha value is -0.860. The zero-order chi connectivity index (χ0) is 8.72. The predicted molar refractivity (Wildman–Crippen MR) is 43.5 cm³/mol. The molecule has 2 aliphatic heterocycles. The van der Waals surface area contributed by atoms with Gasteiger partial charge < -0.3 is 4.90 Å². The topological polar surface area (TPSA) is 37.4 Å². The van der Waals surface area contributed by atoms with E-state index < -0.39 is 0 Å². The number of carbonyl (C=O) groups excluding carboxylic acids is 2. The molecule has 0 radical (unpaired) electrons. The minimum Gasteiger partial charge on any atom is -0.339 e. The zero-order valence-corrected chi connectivity index (χ0v) is 7.25. The maximum absolute atomic E-state index is 11.3. The number of Topliss-reactive ketones (excluding diaryl/α,β-unsaturated/α-hetero) is 1. The predicted octanol–water partition coefficient (Wildman–Crippen LogP) is 0.586. The van der Waals surface area contributed by atoms with Crippen molar-refractivity contribution in [2.45, 2.75) is 32.2 Å². The molecule has 1 amide bonds. The lowest BCUT2D eigenvalue weighted by Crippen LogP contribution is -2.44. The van der Waals surface area contributed by atoms with E-state index in [4.69, 9.17) is 0 Å². The second kappa shape index (κ2) is 2.57. The summed E-state index contributed by atoms with van der Waals surface area (Å²) < 4.78 is 0. The van der Waals surface area contributed by atoms with Crippen molar-refractivity contribution in [1.82, 2.24) is 4.90 Å². The van der Waals surface area contributed by atoms with Gasteiger partial charge in [0.05, 0.1) is 6.42 Å². The molecule has 0 N–H and O–H groups in total. The fourth-order valence-electron chi connectivity index (χ4n) is 2.20. The monoisotopic (exact) mass is 167 g/mol. The molecule has 2 fully saturated rings. The molecule has 0 aromatic carbocycles. The summed E-state index contributed by atoms with van der Waals surface area (Å²) in [6.45, 7) is 2.98. The largest absolute Gasteiger partial charge is 0.339 e. The number of fused-ring (bicyclic) bond motifs is 1. The average Bonchev–Trinajstić information content (AvgIpc) is 2.33. The summed E-state index contributed by atoms with van der Waals surface area (Å²) in [7, 11) is 0. The normalized spacial score (nSPS) is 35.6. The first-order chi connectivity index (χ1) is 5.68. The lowest BCUT2D eigenvalue weighted by atomic mass is 9.94. The first kappa shape index (κ1) is 7.77. The van der Waals surface area contributed by atoms with Crippen molar-refractivity contribution in [1.29, 1.82) is 0 Å². The molecule has 0 aromatic heterocycles. The van der Waals surface area contributed by atoms with E-state index >= 15 is 0 Å². The first-order valence-electron chi connectivity index (χ1n) is 4.49. The van der Waals surface area contributed by atoms with E-state index in [1.807, 2.05) is 4.90 Å². The number of rotatable bonds is 0. The molecule has 3 nitrogen and oxygen atoms in total. The van der Waals surface area contributed by atoms with Crippen LogP contribution >= 0.6 is 0 Å². The Bertz CT molecular complexity index is 237. The third-order valence-electron chi connectivity index (χ3n) is 2.99. The number of amides is 1. The summed E-state index contributed by atoms with van der Waals surface area (Å²) in [5.41, 5.74) is 0. The Kier molecular flexibility index (Phi) is 1.67. The average molecular weight is 167 g/mol. The summed E-state index contributed by atoms with van der Waals surface area (Å²) in [6.07, 6.45) is 1.79. The number of ketones is 1. The van der Waals surface area contributed by atoms with Gasteiger partial charge in [0.2, 0.25) is 5.91 Å². The van der Waals surface area contributed by atoms with E-state index in [1.165, 1.54) is 0 Å². The van der Waals surface area contributed by atoms with E-state index in [2.05, 4.69) is 6.92 Å². The molecule has 0 aromatic rings. The van der Waals surface area contributed by atoms with Crippen molar-refractivity contribution >= 4 is 11.7 Å². The van der Waals surface area contributed by atoms with Crippen molar-refractivity contribution in [3.8, 4) is 0 Å². The number of nitrogens with zero attached hydrogens (tertiary/aromatic N) is 1. The molecule has 2 atom stereocenters. The number of hydrogen-bond acceptors (Lipinski definition) is 2. The van der Waals surface area contributed by atoms with Crippen LogP contribution in [0, 0.1) is 5.92 Å². The molecule has 12 heavy (non-hydrogen) atoms. The molecule has 0 spiro atoms. The van der Waals surface area contributed by atoms with Crippen LogP contribution in [0.15, 0.2) is 0 Å². The molecule has 3 heteroatoms. The fourth-order valence-corrected chi connectivity index (χ4v) is 2.20. The van der Waals surface area contributed by atoms with Crippen LogP contribution in [0.1, 0.15) is 26.2 Å². The van der Waals surface area contributed by atoms with Gasteiger partial charge >= 0.3 is 0 Å². The van der Waals surface area contributed by atoms with Gasteiger partial charge in [-0.05, 0) is 12.3 Å². The van der Waals surface area contributed by atoms with Crippen molar-refractivity contribution in [2.75, 3.05) is 6.54 Å². The third-order valence-corrected chi connectivity index (χ3v) is 2.99. The van der Waals surface area contributed by atoms with Crippen LogP contribution in [0.4, 0.5) is 0 Å². The highest BCUT2D eigenvalue weighted by atomic mass is 16.2. The fraction of sp³-hybridized carbons (Fsp3) is 0.778. The Morgan fingerprint density at radius 3 is 2.92 bits per heavy atom. The molecular formula is C9H13NO2. The molecule has 2 heterocycles. The lowest BCUT2D eigenvalue weighted by Gasteiger charge is -2.30. The summed E-state index contributed by atoms with van der Waals surface area (Å²) >= 11 is 0. The highest BCUT2D eigenvalue weighted by molar-refractivity contribution is 6.00. The van der Waals surface area contributed by atoms with Gasteiger partial charge in [0.15, 0.2) is 0 Å². The van der Waals surface area contributed by atoms with E-state index in [9.17, 15) is 9.59 Å². The van der Waals surface area contributed by atoms with Gasteiger partial charge in [-0.3, -0.25) is 9.59 Å². The van der Waals surface area contributed by atoms with E-state index in [1.54, 1.807) is 0 Å². The van der Waals surface area contributed by atoms with Crippen molar-refractivity contribution < 1.29 is 9.59 Å². The van der Waals surface area contributed by atoms with Gasteiger partial charge in [0.1, 0.15) is 5.78 Å². The molecule has 0 bridgehead atoms. The Balaban J connectivity index is 2.19. The quantitative estimate of drug-likeness (QED) is 0.495. The Morgan fingerprint density at radius 1 is 1.42 bits per heavy atom. The second-order valence-corrected chi connectivity index (χ2v) is 3.84. The maximum atomic E-state index is 11.3. The minimum absolute atomic E-state index is 0.0422. The first-order valence-corrected chi connectivity index (χ1v) is 4.49. The lowest BCUT2D eigenvalue weighted by molar-refractivity contribution is -0.141. The van der Waals surface area contributed by atoms with Crippen LogP contribution in [0.2, 0.25) is 0 Å². The van der Waals surface area contributed by atoms with Crippen LogP contribution in [-0.2, 0) is 9.59 Å². The van der Waals surface area contributed by atoms with Crippen molar-refractivity contribution in [3.63, 3.8) is 0 Å². The van der Waals surface area contributed by atoms with Gasteiger partial charge in [0.25, 0.3) is 0 Å². The van der Waals surface area contributed by atoms with Gasteiger partial charge in [-0.2, -0.15) is 0 Å². The molecule has 2 unspecified atom stereocenters. The molecular weight excluding hydrogens is 154 g/mol. The molecule has 2 saturated heterocycles.